The zero-order valence-corrected chi connectivity index (χ0v) is 36.9. The van der Waals surface area contributed by atoms with Crippen molar-refractivity contribution in [3.05, 3.63) is 12.3 Å². The smallest absolute Gasteiger partial charge is 0.114 e. The Labute approximate surface area is 319 Å². The topological polar surface area (TPSA) is 112 Å². The fourth-order valence-corrected chi connectivity index (χ4v) is 6.49. The highest BCUT2D eigenvalue weighted by Gasteiger charge is 2.30. The van der Waals surface area contributed by atoms with Gasteiger partial charge in [0.1, 0.15) is 6.61 Å². The van der Waals surface area contributed by atoms with E-state index in [1.165, 1.54) is 38.5 Å². The van der Waals surface area contributed by atoms with Gasteiger partial charge in [-0.05, 0) is 90.0 Å². The number of ether oxygens (including phenoxy) is 2. The molecule has 1 aliphatic carbocycles. The van der Waals surface area contributed by atoms with Gasteiger partial charge in [0.25, 0.3) is 0 Å². The molecule has 0 radical (unpaired) electrons. The van der Waals surface area contributed by atoms with Gasteiger partial charge in [-0.3, -0.25) is 5.26 Å². The Morgan fingerprint density at radius 1 is 0.824 bits per heavy atom. The lowest BCUT2D eigenvalue weighted by Crippen LogP contribution is -2.43. The minimum absolute atomic E-state index is 0.0324. The number of hydrogen-bond acceptors (Lipinski definition) is 8. The molecule has 0 aromatic rings. The molecular weight excluding hydrogens is 642 g/mol. The fraction of sp³-hybridized carbons (Fsp3) is 0.953. The first kappa shape index (κ1) is 57.0. The summed E-state index contributed by atoms with van der Waals surface area (Å²) in [4.78, 5) is 6.87. The maximum Gasteiger partial charge on any atom is 0.114 e. The second-order valence-corrected chi connectivity index (χ2v) is 15.4. The third kappa shape index (κ3) is 31.3. The molecule has 10 atom stereocenters. The Hall–Kier alpha value is -0.740. The minimum atomic E-state index is -0.441. The monoisotopic (exact) mass is 736 g/mol. The molecule has 0 aromatic heterocycles. The van der Waals surface area contributed by atoms with E-state index in [4.69, 9.17) is 19.8 Å². The van der Waals surface area contributed by atoms with Crippen molar-refractivity contribution in [2.24, 2.45) is 29.6 Å². The Balaban J connectivity index is -0.000000354. The average molecular weight is 736 g/mol. The number of hydrogen-bond donors (Lipinski definition) is 4. The molecule has 0 aliphatic heterocycles. The largest absolute Gasteiger partial charge is 0.495 e. The summed E-state index contributed by atoms with van der Waals surface area (Å²) in [5.74, 6) is 3.41. The molecule has 0 saturated heterocycles. The van der Waals surface area contributed by atoms with E-state index in [1.54, 1.807) is 7.11 Å². The molecule has 0 aromatic carbocycles. The third-order valence-electron chi connectivity index (χ3n) is 10.3. The Kier molecular flexibility index (Phi) is 42.0. The predicted molar refractivity (Wildman–Crippen MR) is 220 cm³/mol. The van der Waals surface area contributed by atoms with Gasteiger partial charge in [0.2, 0.25) is 0 Å². The lowest BCUT2D eigenvalue weighted by atomic mass is 9.84. The van der Waals surface area contributed by atoms with Crippen LogP contribution in [0.4, 0.5) is 0 Å². The van der Waals surface area contributed by atoms with E-state index in [0.717, 1.165) is 51.6 Å². The Morgan fingerprint density at radius 2 is 1.37 bits per heavy atom. The van der Waals surface area contributed by atoms with E-state index in [1.807, 2.05) is 27.7 Å². The maximum atomic E-state index is 9.64. The van der Waals surface area contributed by atoms with Crippen LogP contribution < -0.4 is 0 Å². The molecule has 0 bridgehead atoms. The highest BCUT2D eigenvalue weighted by molar-refractivity contribution is 4.95. The molecule has 51 heavy (non-hydrogen) atoms. The summed E-state index contributed by atoms with van der Waals surface area (Å²) in [6.45, 7) is 32.2. The molecule has 8 nitrogen and oxygen atoms in total. The highest BCUT2D eigenvalue weighted by atomic mass is 17.1. The molecule has 1 fully saturated rings. The molecule has 0 heterocycles. The molecule has 9 unspecified atom stereocenters. The quantitative estimate of drug-likeness (QED) is 0.0376. The molecule has 8 heteroatoms. The second kappa shape index (κ2) is 37.6. The third-order valence-corrected chi connectivity index (χ3v) is 10.3. The summed E-state index contributed by atoms with van der Waals surface area (Å²) in [6.07, 6.45) is 14.3. The van der Waals surface area contributed by atoms with Crippen molar-refractivity contribution in [2.75, 3.05) is 27.9 Å². The van der Waals surface area contributed by atoms with Crippen LogP contribution in [0.1, 0.15) is 173 Å². The second-order valence-electron chi connectivity index (χ2n) is 15.4. The van der Waals surface area contributed by atoms with Crippen LogP contribution in [0.3, 0.4) is 0 Å². The summed E-state index contributed by atoms with van der Waals surface area (Å²) in [7, 11) is 4.90. The van der Waals surface area contributed by atoms with E-state index >= 15 is 0 Å². The van der Waals surface area contributed by atoms with Crippen molar-refractivity contribution < 1.29 is 34.9 Å². The first-order chi connectivity index (χ1) is 24.1. The van der Waals surface area contributed by atoms with Crippen LogP contribution in [0.5, 0.6) is 0 Å². The number of nitrogens with zero attached hydrogens (tertiary/aromatic N) is 1. The van der Waals surface area contributed by atoms with Crippen LogP contribution in [-0.2, 0) is 14.4 Å². The number of aliphatic hydroxyl groups excluding tert-OH is 3. The number of unbranched alkanes of at least 4 members (excludes halogenated alkanes) is 2. The summed E-state index contributed by atoms with van der Waals surface area (Å²) in [6, 6.07) is 1.11. The zero-order valence-electron chi connectivity index (χ0n) is 36.9. The Bertz CT molecular complexity index is 722. The molecule has 1 aliphatic rings. The molecule has 312 valence electrons. The summed E-state index contributed by atoms with van der Waals surface area (Å²) in [5.41, 5.74) is 0. The maximum absolute atomic E-state index is 9.64. The van der Waals surface area contributed by atoms with Gasteiger partial charge in [-0.2, -0.15) is 0 Å². The van der Waals surface area contributed by atoms with Crippen molar-refractivity contribution in [2.45, 2.75) is 210 Å². The van der Waals surface area contributed by atoms with Gasteiger partial charge in [0.05, 0.1) is 30.2 Å². The molecule has 1 saturated carbocycles. The van der Waals surface area contributed by atoms with Crippen LogP contribution in [0.25, 0.3) is 0 Å². The lowest BCUT2D eigenvalue weighted by molar-refractivity contribution is -0.289. The first-order valence-electron chi connectivity index (χ1n) is 20.7. The van der Waals surface area contributed by atoms with Crippen LogP contribution in [0.2, 0.25) is 0 Å². The van der Waals surface area contributed by atoms with Crippen molar-refractivity contribution in [3.8, 4) is 0 Å². The predicted octanol–water partition coefficient (Wildman–Crippen LogP) is 10.8. The van der Waals surface area contributed by atoms with Gasteiger partial charge in [0, 0.05) is 32.2 Å². The van der Waals surface area contributed by atoms with Crippen LogP contribution in [0.15, 0.2) is 12.3 Å². The SMILES string of the molecule is C=C(OCC(O)CC)C(C)C(OC)C(C)CC(C)CCCC[C@H](C)O.CC.CC1CC(OO)CC(N(C)C(C)C)C1.CCCCC(C)CC.CO. The first-order valence-corrected chi connectivity index (χ1v) is 20.7. The highest BCUT2D eigenvalue weighted by Crippen LogP contribution is 2.30. The van der Waals surface area contributed by atoms with Crippen LogP contribution in [0, 0.1) is 29.6 Å². The van der Waals surface area contributed by atoms with Gasteiger partial charge in [-0.15, -0.1) is 0 Å². The van der Waals surface area contributed by atoms with E-state index in [0.29, 0.717) is 48.6 Å². The van der Waals surface area contributed by atoms with E-state index in [9.17, 15) is 10.2 Å². The van der Waals surface area contributed by atoms with Crippen LogP contribution >= 0.6 is 0 Å². The molecule has 1 rings (SSSR count). The van der Waals surface area contributed by atoms with E-state index in [-0.39, 0.29) is 24.2 Å². The minimum Gasteiger partial charge on any atom is -0.495 e. The summed E-state index contributed by atoms with van der Waals surface area (Å²) >= 11 is 0. The van der Waals surface area contributed by atoms with Gasteiger partial charge >= 0.3 is 0 Å². The lowest BCUT2D eigenvalue weighted by Gasteiger charge is -2.38. The van der Waals surface area contributed by atoms with Crippen molar-refractivity contribution in [1.82, 2.24) is 4.90 Å². The van der Waals surface area contributed by atoms with Gasteiger partial charge in [-0.25, -0.2) is 4.89 Å². The average Bonchev–Trinajstić information content (AvgIpc) is 3.12. The molecule has 0 spiro atoms. The number of aliphatic hydroxyl groups is 3. The zero-order chi connectivity index (χ0) is 40.5. The number of methoxy groups -OCH3 is 1. The van der Waals surface area contributed by atoms with Gasteiger partial charge in [0.15, 0.2) is 0 Å². The normalized spacial score (nSPS) is 21.0. The van der Waals surface area contributed by atoms with Crippen molar-refractivity contribution in [3.63, 3.8) is 0 Å². The summed E-state index contributed by atoms with van der Waals surface area (Å²) in [5, 5.41) is 34.7. The fourth-order valence-electron chi connectivity index (χ4n) is 6.49. The van der Waals surface area contributed by atoms with Gasteiger partial charge in [-0.1, -0.05) is 121 Å². The molecule has 4 N–H and O–H groups in total. The summed E-state index contributed by atoms with van der Waals surface area (Å²) < 4.78 is 11.4. The standard InChI is InChI=1S/C21H42O4.C11H23NO2.C8H18.C2H6.CH4O/c1-8-20(23)14-25-19(6)18(5)21(24-7)16(3)13-15(2)11-9-10-12-17(4)22;1-8(2)12(4)10-5-9(3)6-11(7-10)14-13;1-4-6-7-8(3)5-2;2*1-2/h15-18,20-23H,6,8-14H2,1-5,7H3;8-11,13H,5-7H2,1-4H3;8H,4-7H2,1-3H3;1-2H3;2H,1H3/t15?,16?,17-,18?,20?,21?;;;;/m0..../s1. The van der Waals surface area contributed by atoms with Crippen molar-refractivity contribution >= 4 is 0 Å². The molecular formula is C43H93NO7. The van der Waals surface area contributed by atoms with E-state index in [2.05, 4.69) is 85.7 Å². The van der Waals surface area contributed by atoms with Crippen LogP contribution in [-0.4, -0.2) is 89.9 Å². The van der Waals surface area contributed by atoms with Gasteiger partial charge < -0.3 is 29.7 Å². The van der Waals surface area contributed by atoms with Crippen molar-refractivity contribution in [1.29, 1.82) is 0 Å². The molecule has 0 amide bonds. The van der Waals surface area contributed by atoms with E-state index < -0.39 is 6.10 Å². The number of rotatable bonds is 22. The Morgan fingerprint density at radius 3 is 1.82 bits per heavy atom.